The lowest BCUT2D eigenvalue weighted by atomic mass is 9.87. The summed E-state index contributed by atoms with van der Waals surface area (Å²) in [7, 11) is 0. The van der Waals surface area contributed by atoms with Gasteiger partial charge in [0.2, 0.25) is 0 Å². The number of nitrogens with zero attached hydrogens (tertiary/aromatic N) is 2. The summed E-state index contributed by atoms with van der Waals surface area (Å²) in [6.07, 6.45) is 4.27. The Bertz CT molecular complexity index is 1190. The molecule has 0 atom stereocenters. The Balaban J connectivity index is 1.76. The quantitative estimate of drug-likeness (QED) is 0.359. The minimum absolute atomic E-state index is 0.165. The van der Waals surface area contributed by atoms with Crippen molar-refractivity contribution in [2.75, 3.05) is 0 Å². The summed E-state index contributed by atoms with van der Waals surface area (Å²) < 4.78 is 2.33. The van der Waals surface area contributed by atoms with Crippen molar-refractivity contribution in [2.24, 2.45) is 0 Å². The molecule has 2 heteroatoms. The summed E-state index contributed by atoms with van der Waals surface area (Å²) in [6, 6.07) is 23.9. The molecule has 4 rings (SSSR count). The Morgan fingerprint density at radius 2 is 1.50 bits per heavy atom. The molecule has 0 saturated carbocycles. The highest BCUT2D eigenvalue weighted by molar-refractivity contribution is 5.81. The molecule has 0 fully saturated rings. The number of hydrogen-bond donors (Lipinski definition) is 0. The first-order valence-corrected chi connectivity index (χ1v) is 10.6. The van der Waals surface area contributed by atoms with Crippen LogP contribution in [-0.4, -0.2) is 9.55 Å². The highest BCUT2D eigenvalue weighted by Gasteiger charge is 2.14. The maximum atomic E-state index is 4.96. The van der Waals surface area contributed by atoms with Gasteiger partial charge in [0.1, 0.15) is 5.82 Å². The van der Waals surface area contributed by atoms with Crippen LogP contribution in [0.5, 0.6) is 0 Å². The molecule has 0 bridgehead atoms. The lowest BCUT2D eigenvalue weighted by molar-refractivity contribution is 0.590. The second-order valence-corrected chi connectivity index (χ2v) is 9.17. The first-order chi connectivity index (χ1) is 14.3. The van der Waals surface area contributed by atoms with Crippen LogP contribution >= 0.6 is 0 Å². The third kappa shape index (κ3) is 4.23. The van der Waals surface area contributed by atoms with Gasteiger partial charge in [-0.1, -0.05) is 81.4 Å². The van der Waals surface area contributed by atoms with E-state index in [9.17, 15) is 0 Å². The van der Waals surface area contributed by atoms with Gasteiger partial charge in [0.25, 0.3) is 0 Å². The van der Waals surface area contributed by atoms with E-state index in [1.165, 1.54) is 33.3 Å². The monoisotopic (exact) mass is 394 g/mol. The molecule has 4 aromatic rings. The third-order valence-electron chi connectivity index (χ3n) is 5.78. The van der Waals surface area contributed by atoms with E-state index in [1.54, 1.807) is 0 Å². The summed E-state index contributed by atoms with van der Waals surface area (Å²) in [6.45, 7) is 11.9. The fourth-order valence-corrected chi connectivity index (χ4v) is 3.72. The van der Waals surface area contributed by atoms with E-state index in [4.69, 9.17) is 4.98 Å². The maximum Gasteiger partial charge on any atom is 0.134 e. The molecule has 0 aliphatic carbocycles. The third-order valence-corrected chi connectivity index (χ3v) is 5.78. The van der Waals surface area contributed by atoms with E-state index in [1.807, 2.05) is 6.07 Å². The Morgan fingerprint density at radius 1 is 0.833 bits per heavy atom. The summed E-state index contributed by atoms with van der Waals surface area (Å²) >= 11 is 0. The van der Waals surface area contributed by atoms with Gasteiger partial charge < -0.3 is 4.57 Å². The molecular formula is C28H30N2. The topological polar surface area (TPSA) is 17.8 Å². The van der Waals surface area contributed by atoms with Crippen LogP contribution in [-0.2, 0) is 12.0 Å². The van der Waals surface area contributed by atoms with Gasteiger partial charge in [-0.15, -0.1) is 0 Å². The summed E-state index contributed by atoms with van der Waals surface area (Å²) in [5.74, 6) is 0.985. The number of rotatable bonds is 4. The lowest BCUT2D eigenvalue weighted by Crippen LogP contribution is -2.11. The number of aromatic nitrogens is 2. The van der Waals surface area contributed by atoms with Crippen molar-refractivity contribution >= 4 is 23.2 Å². The molecule has 3 aromatic carbocycles. The molecule has 2 nitrogen and oxygen atoms in total. The molecule has 30 heavy (non-hydrogen) atoms. The smallest absolute Gasteiger partial charge is 0.134 e. The lowest BCUT2D eigenvalue weighted by Gasteiger charge is -2.19. The van der Waals surface area contributed by atoms with Gasteiger partial charge in [-0.2, -0.15) is 0 Å². The molecule has 152 valence electrons. The second kappa shape index (κ2) is 7.95. The van der Waals surface area contributed by atoms with Crippen LogP contribution in [0.2, 0.25) is 0 Å². The average Bonchev–Trinajstić information content (AvgIpc) is 3.03. The fraction of sp³-hybridized carbons (Fsp3) is 0.250. The van der Waals surface area contributed by atoms with E-state index in [0.29, 0.717) is 0 Å². The highest BCUT2D eigenvalue weighted by atomic mass is 15.1. The zero-order chi connectivity index (χ0) is 21.3. The Hall–Kier alpha value is -3.13. The van der Waals surface area contributed by atoms with Crippen molar-refractivity contribution in [1.29, 1.82) is 0 Å². The molecule has 0 aliphatic rings. The van der Waals surface area contributed by atoms with Crippen molar-refractivity contribution in [2.45, 2.75) is 46.6 Å². The van der Waals surface area contributed by atoms with Gasteiger partial charge in [0.15, 0.2) is 0 Å². The minimum atomic E-state index is 0.165. The van der Waals surface area contributed by atoms with Gasteiger partial charge in [-0.3, -0.25) is 0 Å². The van der Waals surface area contributed by atoms with Crippen LogP contribution < -0.4 is 0 Å². The second-order valence-electron chi connectivity index (χ2n) is 9.17. The van der Waals surface area contributed by atoms with Crippen molar-refractivity contribution < 1.29 is 0 Å². The molecule has 0 aliphatic heterocycles. The number of fused-ring (bicyclic) bond motifs is 1. The van der Waals surface area contributed by atoms with Crippen molar-refractivity contribution in [3.63, 3.8) is 0 Å². The van der Waals surface area contributed by atoms with Crippen molar-refractivity contribution in [1.82, 2.24) is 9.55 Å². The molecule has 0 radical (unpaired) electrons. The van der Waals surface area contributed by atoms with Gasteiger partial charge >= 0.3 is 0 Å². The van der Waals surface area contributed by atoms with E-state index < -0.39 is 0 Å². The molecule has 0 spiro atoms. The van der Waals surface area contributed by atoms with Gasteiger partial charge in [-0.05, 0) is 65.3 Å². The van der Waals surface area contributed by atoms with Gasteiger partial charge in [0, 0.05) is 6.54 Å². The molecule has 0 amide bonds. The molecule has 0 saturated heterocycles. The van der Waals surface area contributed by atoms with Crippen LogP contribution in [0.4, 0.5) is 0 Å². The van der Waals surface area contributed by atoms with Crippen molar-refractivity contribution in [3.8, 4) is 0 Å². The highest BCUT2D eigenvalue weighted by Crippen LogP contribution is 2.25. The van der Waals surface area contributed by atoms with Crippen LogP contribution in [0.3, 0.4) is 0 Å². The van der Waals surface area contributed by atoms with Gasteiger partial charge in [-0.25, -0.2) is 4.98 Å². The Labute approximate surface area is 179 Å². The molecule has 0 N–H and O–H groups in total. The van der Waals surface area contributed by atoms with E-state index >= 15 is 0 Å². The van der Waals surface area contributed by atoms with Crippen LogP contribution in [0, 0.1) is 13.8 Å². The maximum absolute atomic E-state index is 4.96. The molecule has 1 heterocycles. The standard InChI is InChI=1S/C28H30N2/c1-20-17-25-26(18-21(20)2)30(19-23-11-14-24(15-12-23)28(3,4)5)27(29-25)16-13-22-9-7-6-8-10-22/h6-18H,19H2,1-5H3/b16-13+. The Morgan fingerprint density at radius 3 is 2.17 bits per heavy atom. The predicted octanol–water partition coefficient (Wildman–Crippen LogP) is 7.17. The largest absolute Gasteiger partial charge is 0.320 e. The number of benzene rings is 3. The summed E-state index contributed by atoms with van der Waals surface area (Å²) in [4.78, 5) is 4.96. The SMILES string of the molecule is Cc1cc2nc(/C=C/c3ccccc3)n(Cc3ccc(C(C)(C)C)cc3)c2cc1C. The minimum Gasteiger partial charge on any atom is -0.320 e. The molecule has 1 aromatic heterocycles. The summed E-state index contributed by atoms with van der Waals surface area (Å²) in [5, 5.41) is 0. The van der Waals surface area contributed by atoms with E-state index in [-0.39, 0.29) is 5.41 Å². The molecular weight excluding hydrogens is 364 g/mol. The number of imidazole rings is 1. The van der Waals surface area contributed by atoms with Gasteiger partial charge in [0.05, 0.1) is 11.0 Å². The zero-order valence-corrected chi connectivity index (χ0v) is 18.6. The Kier molecular flexibility index (Phi) is 5.34. The van der Waals surface area contributed by atoms with E-state index in [0.717, 1.165) is 17.9 Å². The number of aryl methyl sites for hydroxylation is 2. The fourth-order valence-electron chi connectivity index (χ4n) is 3.72. The predicted molar refractivity (Wildman–Crippen MR) is 129 cm³/mol. The van der Waals surface area contributed by atoms with E-state index in [2.05, 4.69) is 112 Å². The van der Waals surface area contributed by atoms with Crippen LogP contribution in [0.1, 0.15) is 54.4 Å². The number of hydrogen-bond acceptors (Lipinski definition) is 1. The first-order valence-electron chi connectivity index (χ1n) is 10.6. The normalized spacial score (nSPS) is 12.2. The first kappa shape index (κ1) is 20.2. The summed E-state index contributed by atoms with van der Waals surface area (Å²) in [5.41, 5.74) is 8.80. The zero-order valence-electron chi connectivity index (χ0n) is 18.6. The average molecular weight is 395 g/mol. The van der Waals surface area contributed by atoms with Crippen LogP contribution in [0.15, 0.2) is 66.7 Å². The van der Waals surface area contributed by atoms with Crippen LogP contribution in [0.25, 0.3) is 23.2 Å². The van der Waals surface area contributed by atoms with Crippen molar-refractivity contribution in [3.05, 3.63) is 100 Å². The molecule has 0 unspecified atom stereocenters.